The molecule has 0 aromatic heterocycles. The Kier molecular flexibility index (Phi) is 5.63. The van der Waals surface area contributed by atoms with E-state index in [2.05, 4.69) is 15.8 Å². The molecule has 9 heteroatoms. The summed E-state index contributed by atoms with van der Waals surface area (Å²) >= 11 is 5.08. The van der Waals surface area contributed by atoms with Gasteiger partial charge in [0.25, 0.3) is 5.69 Å². The van der Waals surface area contributed by atoms with Crippen molar-refractivity contribution < 1.29 is 14.8 Å². The first-order valence-electron chi connectivity index (χ1n) is 6.70. The SMILES string of the molecule is COc1ccccc1NC(=S)N/N=C\c1cc([N+](=O)[O-])ccc1[O-]. The van der Waals surface area contributed by atoms with Crippen LogP contribution in [0, 0.1) is 10.1 Å². The maximum atomic E-state index is 11.6. The van der Waals surface area contributed by atoms with Crippen molar-refractivity contribution >= 4 is 34.9 Å². The van der Waals surface area contributed by atoms with Crippen molar-refractivity contribution in [3.63, 3.8) is 0 Å². The van der Waals surface area contributed by atoms with E-state index in [0.29, 0.717) is 11.4 Å². The van der Waals surface area contributed by atoms with E-state index in [1.807, 2.05) is 12.1 Å². The molecule has 0 radical (unpaired) electrons. The molecule has 0 aliphatic rings. The minimum atomic E-state index is -0.585. The van der Waals surface area contributed by atoms with Crippen LogP contribution in [-0.2, 0) is 0 Å². The molecule has 0 aliphatic heterocycles. The maximum Gasteiger partial charge on any atom is 0.270 e. The fourth-order valence-electron chi connectivity index (χ4n) is 1.81. The topological polar surface area (TPSA) is 112 Å². The molecule has 2 aromatic rings. The number of hydrogen-bond acceptors (Lipinski definition) is 6. The van der Waals surface area contributed by atoms with Gasteiger partial charge in [-0.15, -0.1) is 0 Å². The van der Waals surface area contributed by atoms with Crippen LogP contribution in [0.3, 0.4) is 0 Å². The van der Waals surface area contributed by atoms with Crippen LogP contribution in [0.1, 0.15) is 5.56 Å². The lowest BCUT2D eigenvalue weighted by atomic mass is 10.2. The molecule has 0 saturated carbocycles. The van der Waals surface area contributed by atoms with Gasteiger partial charge in [-0.05, 0) is 29.9 Å². The van der Waals surface area contributed by atoms with Gasteiger partial charge < -0.3 is 15.2 Å². The van der Waals surface area contributed by atoms with Gasteiger partial charge in [0.1, 0.15) is 5.75 Å². The molecular weight excluding hydrogens is 332 g/mol. The number of rotatable bonds is 5. The maximum absolute atomic E-state index is 11.6. The second-order valence-electron chi connectivity index (χ2n) is 4.50. The average molecular weight is 345 g/mol. The number of nitrogens with zero attached hydrogens (tertiary/aromatic N) is 2. The summed E-state index contributed by atoms with van der Waals surface area (Å²) in [6, 6.07) is 10.6. The van der Waals surface area contributed by atoms with E-state index in [9.17, 15) is 15.2 Å². The van der Waals surface area contributed by atoms with E-state index in [-0.39, 0.29) is 22.1 Å². The fraction of sp³-hybridized carbons (Fsp3) is 0.0667. The zero-order valence-corrected chi connectivity index (χ0v) is 13.4. The quantitative estimate of drug-likeness (QED) is 0.369. The van der Waals surface area contributed by atoms with Gasteiger partial charge in [-0.1, -0.05) is 23.9 Å². The zero-order chi connectivity index (χ0) is 17.5. The number of hydrazone groups is 1. The van der Waals surface area contributed by atoms with Crippen molar-refractivity contribution in [1.29, 1.82) is 0 Å². The lowest BCUT2D eigenvalue weighted by Gasteiger charge is -2.11. The van der Waals surface area contributed by atoms with E-state index < -0.39 is 4.92 Å². The largest absolute Gasteiger partial charge is 0.872 e. The number of methoxy groups -OCH3 is 1. The predicted octanol–water partition coefficient (Wildman–Crippen LogP) is 2.00. The summed E-state index contributed by atoms with van der Waals surface area (Å²) in [5.41, 5.74) is 3.07. The van der Waals surface area contributed by atoms with E-state index >= 15 is 0 Å². The lowest BCUT2D eigenvalue weighted by Crippen LogP contribution is -2.24. The second kappa shape index (κ2) is 7.88. The van der Waals surface area contributed by atoms with Gasteiger partial charge in [-0.25, -0.2) is 0 Å². The summed E-state index contributed by atoms with van der Waals surface area (Å²) in [6.45, 7) is 0. The third kappa shape index (κ3) is 4.40. The molecule has 0 aliphatic carbocycles. The number of nitrogens with one attached hydrogen (secondary N) is 2. The highest BCUT2D eigenvalue weighted by atomic mass is 32.1. The molecule has 0 atom stereocenters. The van der Waals surface area contributed by atoms with Crippen LogP contribution in [0.4, 0.5) is 11.4 Å². The molecule has 0 fully saturated rings. The molecule has 0 amide bonds. The van der Waals surface area contributed by atoms with E-state index in [1.165, 1.54) is 13.3 Å². The molecule has 0 unspecified atom stereocenters. The first-order chi connectivity index (χ1) is 11.5. The Balaban J connectivity index is 2.02. The Hall–Kier alpha value is -3.20. The van der Waals surface area contributed by atoms with E-state index in [0.717, 1.165) is 18.2 Å². The first kappa shape index (κ1) is 17.2. The van der Waals surface area contributed by atoms with Crippen LogP contribution in [0.2, 0.25) is 0 Å². The van der Waals surface area contributed by atoms with Crippen molar-refractivity contribution in [3.8, 4) is 11.5 Å². The van der Waals surface area contributed by atoms with Crippen molar-refractivity contribution in [2.45, 2.75) is 0 Å². The Bertz CT molecular complexity index is 795. The van der Waals surface area contributed by atoms with Crippen molar-refractivity contribution in [2.24, 2.45) is 5.10 Å². The highest BCUT2D eigenvalue weighted by Gasteiger charge is 2.06. The Morgan fingerprint density at radius 1 is 1.33 bits per heavy atom. The minimum Gasteiger partial charge on any atom is -0.872 e. The minimum absolute atomic E-state index is 0.0804. The third-order valence-electron chi connectivity index (χ3n) is 2.93. The summed E-state index contributed by atoms with van der Waals surface area (Å²) < 4.78 is 5.18. The van der Waals surface area contributed by atoms with Crippen LogP contribution in [0.5, 0.6) is 11.5 Å². The third-order valence-corrected chi connectivity index (χ3v) is 3.12. The number of nitro benzene ring substituents is 1. The number of para-hydroxylation sites is 2. The normalized spacial score (nSPS) is 10.4. The molecule has 2 rings (SSSR count). The van der Waals surface area contributed by atoms with Gasteiger partial charge in [-0.3, -0.25) is 15.5 Å². The van der Waals surface area contributed by atoms with Gasteiger partial charge in [0.05, 0.1) is 23.9 Å². The number of ether oxygens (including phenoxy) is 1. The Morgan fingerprint density at radius 3 is 2.79 bits per heavy atom. The molecule has 124 valence electrons. The lowest BCUT2D eigenvalue weighted by molar-refractivity contribution is -0.385. The van der Waals surface area contributed by atoms with Crippen molar-refractivity contribution in [2.75, 3.05) is 12.4 Å². The molecule has 2 aromatic carbocycles. The van der Waals surface area contributed by atoms with Crippen LogP contribution < -0.4 is 20.6 Å². The number of anilines is 1. The monoisotopic (exact) mass is 345 g/mol. The number of thiocarbonyl (C=S) groups is 1. The zero-order valence-electron chi connectivity index (χ0n) is 12.6. The molecule has 0 saturated heterocycles. The number of benzene rings is 2. The van der Waals surface area contributed by atoms with E-state index in [4.69, 9.17) is 17.0 Å². The summed E-state index contributed by atoms with van der Waals surface area (Å²) in [7, 11) is 1.53. The van der Waals surface area contributed by atoms with Crippen LogP contribution >= 0.6 is 12.2 Å². The molecule has 0 spiro atoms. The molecule has 8 nitrogen and oxygen atoms in total. The van der Waals surface area contributed by atoms with E-state index in [1.54, 1.807) is 12.1 Å². The summed E-state index contributed by atoms with van der Waals surface area (Å²) in [5, 5.41) is 29.2. The van der Waals surface area contributed by atoms with Gasteiger partial charge in [0, 0.05) is 12.1 Å². The summed E-state index contributed by atoms with van der Waals surface area (Å²) in [4.78, 5) is 10.1. The molecular formula is C15H13N4O4S-. The fourth-order valence-corrected chi connectivity index (χ4v) is 1.97. The smallest absolute Gasteiger partial charge is 0.270 e. The van der Waals surface area contributed by atoms with Crippen molar-refractivity contribution in [1.82, 2.24) is 5.43 Å². The number of hydrogen-bond donors (Lipinski definition) is 2. The van der Waals surface area contributed by atoms with Gasteiger partial charge in [-0.2, -0.15) is 5.10 Å². The van der Waals surface area contributed by atoms with Crippen LogP contribution in [0.15, 0.2) is 47.6 Å². The Morgan fingerprint density at radius 2 is 2.08 bits per heavy atom. The highest BCUT2D eigenvalue weighted by molar-refractivity contribution is 7.80. The Labute approximate surface area is 142 Å². The van der Waals surface area contributed by atoms with Gasteiger partial charge in [0.2, 0.25) is 0 Å². The molecule has 0 heterocycles. The summed E-state index contributed by atoms with van der Waals surface area (Å²) in [6.07, 6.45) is 1.17. The first-order valence-corrected chi connectivity index (χ1v) is 7.10. The standard InChI is InChI=1S/C15H14N4O4S/c1-23-14-5-3-2-4-12(14)17-15(24)18-16-9-10-8-11(19(21)22)6-7-13(10)20/h2-9,20H,1H3,(H2,17,18,24)/p-1/b16-9-. The number of non-ortho nitro benzene ring substituents is 1. The summed E-state index contributed by atoms with van der Waals surface area (Å²) in [5.74, 6) is 0.223. The molecule has 0 bridgehead atoms. The van der Waals surface area contributed by atoms with Gasteiger partial charge >= 0.3 is 0 Å². The van der Waals surface area contributed by atoms with Crippen LogP contribution in [0.25, 0.3) is 0 Å². The second-order valence-corrected chi connectivity index (χ2v) is 4.91. The van der Waals surface area contributed by atoms with Gasteiger partial charge in [0.15, 0.2) is 5.11 Å². The average Bonchev–Trinajstić information content (AvgIpc) is 2.56. The molecule has 2 N–H and O–H groups in total. The highest BCUT2D eigenvalue weighted by Crippen LogP contribution is 2.22. The molecule has 24 heavy (non-hydrogen) atoms. The predicted molar refractivity (Wildman–Crippen MR) is 92.5 cm³/mol. The number of nitro groups is 1. The van der Waals surface area contributed by atoms with Crippen LogP contribution in [-0.4, -0.2) is 23.4 Å². The van der Waals surface area contributed by atoms with Crippen molar-refractivity contribution in [3.05, 3.63) is 58.1 Å².